The zero-order chi connectivity index (χ0) is 13.0. The smallest absolute Gasteiger partial charge is 0.0120 e. The van der Waals surface area contributed by atoms with Crippen LogP contribution >= 0.6 is 0 Å². The monoisotopic (exact) mass is 253 g/mol. The number of hydrogen-bond acceptors (Lipinski definition) is 3. The molecule has 0 aromatic carbocycles. The maximum absolute atomic E-state index is 3.47. The fraction of sp³-hybridized carbons (Fsp3) is 1.00. The number of piperidine rings is 2. The van der Waals surface area contributed by atoms with E-state index < -0.39 is 0 Å². The standard InChI is InChI=1S/C15H31N3/c1-4-8-17-9-5-14(6-10-17)18-11-7-15(16-3)13(2)12-18/h13-16H,4-12H2,1-3H3. The van der Waals surface area contributed by atoms with Crippen molar-refractivity contribution in [2.45, 2.75) is 51.6 Å². The van der Waals surface area contributed by atoms with Crippen molar-refractivity contribution in [3.05, 3.63) is 0 Å². The van der Waals surface area contributed by atoms with Crippen molar-refractivity contribution < 1.29 is 0 Å². The molecule has 0 aliphatic carbocycles. The Balaban J connectivity index is 1.77. The van der Waals surface area contributed by atoms with Crippen molar-refractivity contribution >= 4 is 0 Å². The summed E-state index contributed by atoms with van der Waals surface area (Å²) in [5.74, 6) is 0.803. The molecule has 1 N–H and O–H groups in total. The van der Waals surface area contributed by atoms with E-state index in [4.69, 9.17) is 0 Å². The molecule has 2 rings (SSSR count). The van der Waals surface area contributed by atoms with Crippen LogP contribution in [0.15, 0.2) is 0 Å². The predicted octanol–water partition coefficient (Wildman–Crippen LogP) is 1.79. The van der Waals surface area contributed by atoms with Gasteiger partial charge in [0.2, 0.25) is 0 Å². The Kier molecular flexibility index (Phi) is 5.46. The van der Waals surface area contributed by atoms with Crippen molar-refractivity contribution in [2.24, 2.45) is 5.92 Å². The third kappa shape index (κ3) is 3.46. The van der Waals surface area contributed by atoms with Gasteiger partial charge in [-0.05, 0) is 64.8 Å². The van der Waals surface area contributed by atoms with Gasteiger partial charge in [-0.3, -0.25) is 4.90 Å². The molecular weight excluding hydrogens is 222 g/mol. The van der Waals surface area contributed by atoms with Gasteiger partial charge in [-0.1, -0.05) is 13.8 Å². The quantitative estimate of drug-likeness (QED) is 0.824. The maximum Gasteiger partial charge on any atom is 0.0120 e. The zero-order valence-corrected chi connectivity index (χ0v) is 12.5. The molecular formula is C15H31N3. The third-order valence-corrected chi connectivity index (χ3v) is 4.92. The van der Waals surface area contributed by atoms with Gasteiger partial charge in [0.1, 0.15) is 0 Å². The number of nitrogens with zero attached hydrogens (tertiary/aromatic N) is 2. The molecule has 0 aromatic heterocycles. The van der Waals surface area contributed by atoms with E-state index in [1.165, 1.54) is 58.4 Å². The Morgan fingerprint density at radius 1 is 1.11 bits per heavy atom. The lowest BCUT2D eigenvalue weighted by atomic mass is 9.91. The second-order valence-electron chi connectivity index (χ2n) is 6.23. The van der Waals surface area contributed by atoms with E-state index >= 15 is 0 Å². The molecule has 2 fully saturated rings. The normalized spacial score (nSPS) is 32.8. The summed E-state index contributed by atoms with van der Waals surface area (Å²) in [6, 6.07) is 1.60. The molecule has 2 heterocycles. The predicted molar refractivity (Wildman–Crippen MR) is 78.0 cm³/mol. The van der Waals surface area contributed by atoms with Crippen LogP contribution in [0.3, 0.4) is 0 Å². The summed E-state index contributed by atoms with van der Waals surface area (Å²) in [4.78, 5) is 5.40. The Bertz CT molecular complexity index is 236. The van der Waals surface area contributed by atoms with Crippen LogP contribution in [0.2, 0.25) is 0 Å². The van der Waals surface area contributed by atoms with Gasteiger partial charge in [-0.15, -0.1) is 0 Å². The summed E-state index contributed by atoms with van der Waals surface area (Å²) in [6.07, 6.45) is 5.40. The van der Waals surface area contributed by atoms with Crippen LogP contribution in [0, 0.1) is 5.92 Å². The molecule has 106 valence electrons. The van der Waals surface area contributed by atoms with Crippen molar-refractivity contribution in [1.82, 2.24) is 15.1 Å². The van der Waals surface area contributed by atoms with Crippen LogP contribution in [-0.2, 0) is 0 Å². The Hall–Kier alpha value is -0.120. The van der Waals surface area contributed by atoms with Gasteiger partial charge in [-0.25, -0.2) is 0 Å². The molecule has 2 aliphatic heterocycles. The summed E-state index contributed by atoms with van der Waals surface area (Å²) in [6.45, 7) is 11.2. The van der Waals surface area contributed by atoms with Crippen LogP contribution in [0.1, 0.15) is 39.5 Å². The molecule has 3 heteroatoms. The minimum absolute atomic E-state index is 0.737. The molecule has 0 amide bonds. The van der Waals surface area contributed by atoms with Crippen molar-refractivity contribution in [2.75, 3.05) is 39.8 Å². The lowest BCUT2D eigenvalue weighted by Gasteiger charge is -2.44. The average Bonchev–Trinajstić information content (AvgIpc) is 2.40. The van der Waals surface area contributed by atoms with E-state index in [0.717, 1.165) is 18.0 Å². The summed E-state index contributed by atoms with van der Waals surface area (Å²) in [7, 11) is 2.11. The first-order valence-corrected chi connectivity index (χ1v) is 7.88. The van der Waals surface area contributed by atoms with Gasteiger partial charge >= 0.3 is 0 Å². The average molecular weight is 253 g/mol. The largest absolute Gasteiger partial charge is 0.317 e. The SMILES string of the molecule is CCCN1CCC(N2CCC(NC)C(C)C2)CC1. The molecule has 2 atom stereocenters. The molecule has 0 radical (unpaired) electrons. The minimum Gasteiger partial charge on any atom is -0.317 e. The van der Waals surface area contributed by atoms with Gasteiger partial charge in [0.25, 0.3) is 0 Å². The zero-order valence-electron chi connectivity index (χ0n) is 12.5. The van der Waals surface area contributed by atoms with Crippen LogP contribution in [0.25, 0.3) is 0 Å². The Morgan fingerprint density at radius 3 is 2.39 bits per heavy atom. The van der Waals surface area contributed by atoms with Gasteiger partial charge in [0.05, 0.1) is 0 Å². The summed E-state index contributed by atoms with van der Waals surface area (Å²) >= 11 is 0. The van der Waals surface area contributed by atoms with Crippen molar-refractivity contribution in [3.8, 4) is 0 Å². The number of hydrogen-bond donors (Lipinski definition) is 1. The summed E-state index contributed by atoms with van der Waals surface area (Å²) in [5.41, 5.74) is 0. The summed E-state index contributed by atoms with van der Waals surface area (Å²) in [5, 5.41) is 3.47. The fourth-order valence-electron chi connectivity index (χ4n) is 3.76. The highest BCUT2D eigenvalue weighted by atomic mass is 15.2. The molecule has 0 saturated carbocycles. The van der Waals surface area contributed by atoms with E-state index in [1.807, 2.05) is 0 Å². The molecule has 2 aliphatic rings. The van der Waals surface area contributed by atoms with Crippen molar-refractivity contribution in [3.63, 3.8) is 0 Å². The molecule has 0 bridgehead atoms. The maximum atomic E-state index is 3.47. The van der Waals surface area contributed by atoms with E-state index in [-0.39, 0.29) is 0 Å². The highest BCUT2D eigenvalue weighted by Crippen LogP contribution is 2.23. The molecule has 2 saturated heterocycles. The number of nitrogens with one attached hydrogen (secondary N) is 1. The van der Waals surface area contributed by atoms with E-state index in [9.17, 15) is 0 Å². The fourth-order valence-corrected chi connectivity index (χ4v) is 3.76. The molecule has 3 nitrogen and oxygen atoms in total. The minimum atomic E-state index is 0.737. The first kappa shape index (κ1) is 14.3. The molecule has 0 spiro atoms. The second kappa shape index (κ2) is 6.88. The molecule has 2 unspecified atom stereocenters. The topological polar surface area (TPSA) is 18.5 Å². The van der Waals surface area contributed by atoms with Gasteiger partial charge < -0.3 is 10.2 Å². The van der Waals surface area contributed by atoms with Gasteiger partial charge in [-0.2, -0.15) is 0 Å². The first-order chi connectivity index (χ1) is 8.74. The Labute approximate surface area is 113 Å². The highest BCUT2D eigenvalue weighted by Gasteiger charge is 2.30. The van der Waals surface area contributed by atoms with Crippen LogP contribution < -0.4 is 5.32 Å². The van der Waals surface area contributed by atoms with E-state index in [0.29, 0.717) is 0 Å². The molecule has 18 heavy (non-hydrogen) atoms. The van der Waals surface area contributed by atoms with Crippen molar-refractivity contribution in [1.29, 1.82) is 0 Å². The van der Waals surface area contributed by atoms with Gasteiger partial charge in [0.15, 0.2) is 0 Å². The lowest BCUT2D eigenvalue weighted by molar-refractivity contribution is 0.0629. The first-order valence-electron chi connectivity index (χ1n) is 7.88. The summed E-state index contributed by atoms with van der Waals surface area (Å²) < 4.78 is 0. The van der Waals surface area contributed by atoms with E-state index in [2.05, 4.69) is 36.0 Å². The number of rotatable bonds is 4. The van der Waals surface area contributed by atoms with Gasteiger partial charge in [0, 0.05) is 18.6 Å². The van der Waals surface area contributed by atoms with Crippen LogP contribution in [0.5, 0.6) is 0 Å². The third-order valence-electron chi connectivity index (χ3n) is 4.92. The highest BCUT2D eigenvalue weighted by molar-refractivity contribution is 4.87. The Morgan fingerprint density at radius 2 is 1.83 bits per heavy atom. The molecule has 0 aromatic rings. The van der Waals surface area contributed by atoms with Crippen LogP contribution in [-0.4, -0.2) is 61.7 Å². The van der Waals surface area contributed by atoms with E-state index in [1.54, 1.807) is 0 Å². The lowest BCUT2D eigenvalue weighted by Crippen LogP contribution is -2.53. The number of likely N-dealkylation sites (tertiary alicyclic amines) is 2. The van der Waals surface area contributed by atoms with Crippen LogP contribution in [0.4, 0.5) is 0 Å². The second-order valence-corrected chi connectivity index (χ2v) is 6.23.